The molecular formula is C28H31F. The molecule has 1 atom stereocenters. The van der Waals surface area contributed by atoms with Crippen molar-refractivity contribution >= 4 is 10.8 Å². The topological polar surface area (TPSA) is 0 Å². The van der Waals surface area contributed by atoms with E-state index < -0.39 is 0 Å². The third-order valence-corrected chi connectivity index (χ3v) is 6.36. The van der Waals surface area contributed by atoms with E-state index in [1.807, 2.05) is 12.1 Å². The molecule has 0 heterocycles. The van der Waals surface area contributed by atoms with Crippen LogP contribution in [0.3, 0.4) is 0 Å². The maximum Gasteiger partial charge on any atom is 0.134 e. The molecule has 4 rings (SSSR count). The first kappa shape index (κ1) is 19.9. The van der Waals surface area contributed by atoms with Crippen LogP contribution < -0.4 is 0 Å². The lowest BCUT2D eigenvalue weighted by Crippen LogP contribution is -2.14. The first-order valence-corrected chi connectivity index (χ1v) is 11.1. The van der Waals surface area contributed by atoms with Crippen LogP contribution in [0.25, 0.3) is 10.8 Å². The van der Waals surface area contributed by atoms with Gasteiger partial charge in [-0.1, -0.05) is 74.0 Å². The first-order valence-electron chi connectivity index (χ1n) is 11.1. The van der Waals surface area contributed by atoms with E-state index >= 15 is 4.39 Å². The van der Waals surface area contributed by atoms with Crippen LogP contribution in [-0.2, 0) is 25.7 Å². The van der Waals surface area contributed by atoms with Gasteiger partial charge in [-0.2, -0.15) is 0 Å². The smallest absolute Gasteiger partial charge is 0.134 e. The standard InChI is InChI=1S/C28H31F/c1-3-5-6-8-21-9-11-23-19-25(13-12-22(23)17-21)27-16-14-24-18-20(7-4-2)10-15-26(24)28(27)29/h3,5,9-11,14-18,25H,4,6-8,12-13,19H2,1-2H3/b5-3+. The molecule has 0 radical (unpaired) electrons. The number of hydrogen-bond donors (Lipinski definition) is 0. The normalized spacial score (nSPS) is 16.4. The van der Waals surface area contributed by atoms with Gasteiger partial charge in [-0.25, -0.2) is 4.39 Å². The van der Waals surface area contributed by atoms with Crippen LogP contribution in [0.4, 0.5) is 4.39 Å². The molecule has 0 N–H and O–H groups in total. The summed E-state index contributed by atoms with van der Waals surface area (Å²) in [5.41, 5.74) is 6.46. The van der Waals surface area contributed by atoms with Crippen molar-refractivity contribution in [2.45, 2.75) is 64.7 Å². The number of aryl methyl sites for hydroxylation is 3. The largest absolute Gasteiger partial charge is 0.206 e. The highest BCUT2D eigenvalue weighted by Crippen LogP contribution is 2.36. The number of rotatable bonds is 6. The summed E-state index contributed by atoms with van der Waals surface area (Å²) in [6.07, 6.45) is 11.7. The Kier molecular flexibility index (Phi) is 6.13. The summed E-state index contributed by atoms with van der Waals surface area (Å²) in [4.78, 5) is 0. The monoisotopic (exact) mass is 386 g/mol. The molecule has 0 amide bonds. The Morgan fingerprint density at radius 3 is 2.62 bits per heavy atom. The van der Waals surface area contributed by atoms with Gasteiger partial charge in [0.1, 0.15) is 5.82 Å². The lowest BCUT2D eigenvalue weighted by atomic mass is 9.79. The Hall–Kier alpha value is -2.41. The molecule has 150 valence electrons. The van der Waals surface area contributed by atoms with Gasteiger partial charge in [0.25, 0.3) is 0 Å². The van der Waals surface area contributed by atoms with Crippen LogP contribution in [0.1, 0.15) is 66.8 Å². The second kappa shape index (κ2) is 8.95. The molecular weight excluding hydrogens is 355 g/mol. The Morgan fingerprint density at radius 1 is 0.966 bits per heavy atom. The molecule has 0 aromatic heterocycles. The SMILES string of the molecule is C/C=C/CCc1ccc2c(c1)CCC(c1ccc3cc(CCC)ccc3c1F)C2. The minimum atomic E-state index is -0.0121. The van der Waals surface area contributed by atoms with Crippen molar-refractivity contribution < 1.29 is 4.39 Å². The number of benzene rings is 3. The predicted molar refractivity (Wildman–Crippen MR) is 122 cm³/mol. The number of fused-ring (bicyclic) bond motifs is 2. The van der Waals surface area contributed by atoms with E-state index in [2.05, 4.69) is 62.4 Å². The van der Waals surface area contributed by atoms with Crippen LogP contribution in [0.2, 0.25) is 0 Å². The van der Waals surface area contributed by atoms with Crippen LogP contribution in [-0.4, -0.2) is 0 Å². The quantitative estimate of drug-likeness (QED) is 0.381. The maximum absolute atomic E-state index is 15.4. The summed E-state index contributed by atoms with van der Waals surface area (Å²) in [5, 5.41) is 1.80. The van der Waals surface area contributed by atoms with Gasteiger partial charge < -0.3 is 0 Å². The molecule has 0 bridgehead atoms. The third kappa shape index (κ3) is 4.29. The average molecular weight is 387 g/mol. The number of hydrogen-bond acceptors (Lipinski definition) is 0. The zero-order valence-electron chi connectivity index (χ0n) is 17.7. The molecule has 0 nitrogen and oxygen atoms in total. The van der Waals surface area contributed by atoms with Crippen molar-refractivity contribution in [3.05, 3.63) is 94.3 Å². The Bertz CT molecular complexity index is 1030. The molecule has 0 aliphatic heterocycles. The van der Waals surface area contributed by atoms with Crippen molar-refractivity contribution in [3.8, 4) is 0 Å². The van der Waals surface area contributed by atoms with Crippen LogP contribution in [0.15, 0.2) is 60.7 Å². The van der Waals surface area contributed by atoms with Crippen molar-refractivity contribution in [2.24, 2.45) is 0 Å². The van der Waals surface area contributed by atoms with Crippen LogP contribution in [0, 0.1) is 5.82 Å². The molecule has 3 aromatic carbocycles. The molecule has 0 spiro atoms. The average Bonchev–Trinajstić information content (AvgIpc) is 2.74. The molecule has 1 aliphatic rings. The van der Waals surface area contributed by atoms with E-state index in [0.29, 0.717) is 0 Å². The molecule has 0 saturated carbocycles. The fourth-order valence-corrected chi connectivity index (χ4v) is 4.76. The van der Waals surface area contributed by atoms with Gasteiger partial charge >= 0.3 is 0 Å². The van der Waals surface area contributed by atoms with Crippen LogP contribution in [0.5, 0.6) is 0 Å². The molecule has 3 aromatic rings. The van der Waals surface area contributed by atoms with Gasteiger partial charge in [-0.3, -0.25) is 0 Å². The first-order chi connectivity index (χ1) is 14.2. The third-order valence-electron chi connectivity index (χ3n) is 6.36. The molecule has 1 unspecified atom stereocenters. The van der Waals surface area contributed by atoms with Gasteiger partial charge in [0.05, 0.1) is 0 Å². The van der Waals surface area contributed by atoms with E-state index in [-0.39, 0.29) is 11.7 Å². The highest BCUT2D eigenvalue weighted by molar-refractivity contribution is 5.84. The molecule has 1 aliphatic carbocycles. The van der Waals surface area contributed by atoms with Crippen molar-refractivity contribution in [2.75, 3.05) is 0 Å². The molecule has 1 heteroatoms. The Labute approximate surface area is 174 Å². The van der Waals surface area contributed by atoms with E-state index in [0.717, 1.165) is 61.3 Å². The van der Waals surface area contributed by atoms with Gasteiger partial charge in [0.2, 0.25) is 0 Å². The molecule has 29 heavy (non-hydrogen) atoms. The van der Waals surface area contributed by atoms with Gasteiger partial charge in [0.15, 0.2) is 0 Å². The van der Waals surface area contributed by atoms with Crippen molar-refractivity contribution in [1.82, 2.24) is 0 Å². The van der Waals surface area contributed by atoms with Gasteiger partial charge in [0, 0.05) is 5.39 Å². The summed E-state index contributed by atoms with van der Waals surface area (Å²) < 4.78 is 15.4. The molecule has 0 saturated heterocycles. The zero-order valence-corrected chi connectivity index (χ0v) is 17.7. The lowest BCUT2D eigenvalue weighted by Gasteiger charge is -2.26. The Balaban J connectivity index is 1.56. The summed E-state index contributed by atoms with van der Waals surface area (Å²) in [6.45, 7) is 4.25. The van der Waals surface area contributed by atoms with E-state index in [1.54, 1.807) is 0 Å². The minimum Gasteiger partial charge on any atom is -0.206 e. The highest BCUT2D eigenvalue weighted by atomic mass is 19.1. The van der Waals surface area contributed by atoms with E-state index in [4.69, 9.17) is 0 Å². The maximum atomic E-state index is 15.4. The second-order valence-corrected chi connectivity index (χ2v) is 8.42. The Morgan fingerprint density at radius 2 is 1.79 bits per heavy atom. The van der Waals surface area contributed by atoms with E-state index in [9.17, 15) is 0 Å². The summed E-state index contributed by atoms with van der Waals surface area (Å²) >= 11 is 0. The highest BCUT2D eigenvalue weighted by Gasteiger charge is 2.23. The van der Waals surface area contributed by atoms with Crippen molar-refractivity contribution in [1.29, 1.82) is 0 Å². The summed E-state index contributed by atoms with van der Waals surface area (Å²) in [7, 11) is 0. The predicted octanol–water partition coefficient (Wildman–Crippen LogP) is 7.71. The lowest BCUT2D eigenvalue weighted by molar-refractivity contribution is 0.539. The van der Waals surface area contributed by atoms with E-state index in [1.165, 1.54) is 22.3 Å². The fourth-order valence-electron chi connectivity index (χ4n) is 4.76. The minimum absolute atomic E-state index is 0.0121. The summed E-state index contributed by atoms with van der Waals surface area (Å²) in [5.74, 6) is 0.262. The zero-order chi connectivity index (χ0) is 20.2. The second-order valence-electron chi connectivity index (χ2n) is 8.42. The molecule has 0 fully saturated rings. The number of halogens is 1. The van der Waals surface area contributed by atoms with Gasteiger partial charge in [-0.15, -0.1) is 0 Å². The van der Waals surface area contributed by atoms with Crippen molar-refractivity contribution in [3.63, 3.8) is 0 Å². The van der Waals surface area contributed by atoms with Gasteiger partial charge in [-0.05, 0) is 84.6 Å². The number of allylic oxidation sites excluding steroid dienone is 2. The van der Waals surface area contributed by atoms with Crippen LogP contribution >= 0.6 is 0 Å². The summed E-state index contributed by atoms with van der Waals surface area (Å²) in [6, 6.07) is 17.3. The fraction of sp³-hybridized carbons (Fsp3) is 0.357.